The molecule has 1 fully saturated rings. The molecule has 26 heavy (non-hydrogen) atoms. The second-order valence-electron chi connectivity index (χ2n) is 6.48. The molecule has 0 aromatic rings. The van der Waals surface area contributed by atoms with Gasteiger partial charge in [0, 0.05) is 25.6 Å². The maximum absolute atomic E-state index is 11.9. The molecule has 6 N–H and O–H groups in total. The fraction of sp³-hybridized carbons (Fsp3) is 0.882. The molecule has 1 rings (SSSR count). The van der Waals surface area contributed by atoms with Gasteiger partial charge in [-0.25, -0.2) is 0 Å². The van der Waals surface area contributed by atoms with Crippen molar-refractivity contribution < 1.29 is 24.5 Å². The highest BCUT2D eigenvalue weighted by molar-refractivity contribution is 7.99. The van der Waals surface area contributed by atoms with Gasteiger partial charge >= 0.3 is 0 Å². The number of hydrogen-bond acceptors (Lipinski definition) is 7. The van der Waals surface area contributed by atoms with Gasteiger partial charge in [0.15, 0.2) is 0 Å². The molecule has 1 heterocycles. The monoisotopic (exact) mass is 391 g/mol. The second-order valence-corrected chi connectivity index (χ2v) is 7.68. The number of ether oxygens (including phenoxy) is 1. The molecule has 1 aliphatic rings. The minimum atomic E-state index is -1.11. The normalized spacial score (nSPS) is 28.6. The number of carbonyl (C=O) groups excluding carboxylic acids is 2. The highest BCUT2D eigenvalue weighted by Crippen LogP contribution is 2.30. The molecule has 0 aromatic heterocycles. The molecule has 0 radical (unpaired) electrons. The SMILES string of the molecule is CC[C@H]1O[C@H](SCCC(=O)NCCCCCN)[C@H](NC(C)=O)[C@@H](O)[C@H]1O. The summed E-state index contributed by atoms with van der Waals surface area (Å²) in [6, 6.07) is -0.713. The molecule has 0 bridgehead atoms. The number of nitrogens with one attached hydrogen (secondary N) is 2. The van der Waals surface area contributed by atoms with Gasteiger partial charge in [0.05, 0.1) is 12.1 Å². The van der Waals surface area contributed by atoms with Crippen molar-refractivity contribution >= 4 is 23.6 Å². The lowest BCUT2D eigenvalue weighted by Crippen LogP contribution is -2.62. The van der Waals surface area contributed by atoms with Crippen LogP contribution in [0.4, 0.5) is 0 Å². The van der Waals surface area contributed by atoms with Crippen molar-refractivity contribution in [2.24, 2.45) is 5.73 Å². The van der Waals surface area contributed by atoms with Gasteiger partial charge in [0.1, 0.15) is 17.6 Å². The molecule has 5 atom stereocenters. The van der Waals surface area contributed by atoms with Crippen molar-refractivity contribution in [1.82, 2.24) is 10.6 Å². The average Bonchev–Trinajstić information content (AvgIpc) is 2.60. The van der Waals surface area contributed by atoms with Gasteiger partial charge in [-0.05, 0) is 25.8 Å². The van der Waals surface area contributed by atoms with Crippen LogP contribution in [0.15, 0.2) is 0 Å². The molecule has 152 valence electrons. The largest absolute Gasteiger partial charge is 0.388 e. The zero-order valence-corrected chi connectivity index (χ0v) is 16.5. The van der Waals surface area contributed by atoms with Crippen molar-refractivity contribution in [2.45, 2.75) is 75.7 Å². The van der Waals surface area contributed by atoms with Crippen molar-refractivity contribution in [1.29, 1.82) is 0 Å². The van der Waals surface area contributed by atoms with Crippen LogP contribution in [0.3, 0.4) is 0 Å². The molecule has 9 heteroatoms. The van der Waals surface area contributed by atoms with Crippen LogP contribution in [-0.4, -0.2) is 70.7 Å². The topological polar surface area (TPSA) is 134 Å². The summed E-state index contributed by atoms with van der Waals surface area (Å²) in [6.07, 6.45) is 1.09. The fourth-order valence-electron chi connectivity index (χ4n) is 2.83. The molecule has 0 saturated carbocycles. The molecule has 0 unspecified atom stereocenters. The van der Waals surface area contributed by atoms with Crippen LogP contribution in [0, 0.1) is 0 Å². The van der Waals surface area contributed by atoms with Crippen LogP contribution < -0.4 is 16.4 Å². The zero-order chi connectivity index (χ0) is 19.5. The second kappa shape index (κ2) is 12.5. The number of amides is 2. The number of unbranched alkanes of at least 4 members (excludes halogenated alkanes) is 2. The van der Waals surface area contributed by atoms with E-state index in [0.29, 0.717) is 31.7 Å². The third-order valence-electron chi connectivity index (χ3n) is 4.29. The van der Waals surface area contributed by atoms with Crippen molar-refractivity contribution in [3.8, 4) is 0 Å². The minimum absolute atomic E-state index is 0.0373. The van der Waals surface area contributed by atoms with E-state index >= 15 is 0 Å². The van der Waals surface area contributed by atoms with Gasteiger partial charge in [-0.15, -0.1) is 11.8 Å². The van der Waals surface area contributed by atoms with E-state index in [1.54, 1.807) is 0 Å². The van der Waals surface area contributed by atoms with Crippen LogP contribution >= 0.6 is 11.8 Å². The van der Waals surface area contributed by atoms with E-state index in [9.17, 15) is 19.8 Å². The van der Waals surface area contributed by atoms with Crippen LogP contribution in [0.2, 0.25) is 0 Å². The van der Waals surface area contributed by atoms with Gasteiger partial charge in [-0.1, -0.05) is 13.3 Å². The quantitative estimate of drug-likeness (QED) is 0.306. The fourth-order valence-corrected chi connectivity index (χ4v) is 4.02. The predicted octanol–water partition coefficient (Wildman–Crippen LogP) is -0.284. The van der Waals surface area contributed by atoms with Gasteiger partial charge in [-0.3, -0.25) is 9.59 Å². The number of aliphatic hydroxyl groups excluding tert-OH is 2. The Morgan fingerprint density at radius 2 is 1.92 bits per heavy atom. The molecule has 8 nitrogen and oxygen atoms in total. The number of nitrogens with two attached hydrogens (primary N) is 1. The van der Waals surface area contributed by atoms with E-state index in [1.807, 2.05) is 6.92 Å². The maximum atomic E-state index is 11.9. The molecule has 2 amide bonds. The van der Waals surface area contributed by atoms with E-state index in [1.165, 1.54) is 18.7 Å². The van der Waals surface area contributed by atoms with E-state index < -0.39 is 29.8 Å². The Morgan fingerprint density at radius 1 is 1.19 bits per heavy atom. The van der Waals surface area contributed by atoms with Crippen molar-refractivity contribution in [3.63, 3.8) is 0 Å². The smallest absolute Gasteiger partial charge is 0.220 e. The van der Waals surface area contributed by atoms with Crippen molar-refractivity contribution in [2.75, 3.05) is 18.8 Å². The number of aliphatic hydroxyl groups is 2. The number of hydrogen-bond donors (Lipinski definition) is 5. The summed E-state index contributed by atoms with van der Waals surface area (Å²) in [4.78, 5) is 23.3. The summed E-state index contributed by atoms with van der Waals surface area (Å²) in [5, 5.41) is 25.9. The summed E-state index contributed by atoms with van der Waals surface area (Å²) in [5.74, 6) is 0.152. The van der Waals surface area contributed by atoms with Crippen LogP contribution in [0.5, 0.6) is 0 Å². The maximum Gasteiger partial charge on any atom is 0.220 e. The van der Waals surface area contributed by atoms with Crippen LogP contribution in [0.1, 0.15) is 46.0 Å². The first-order valence-corrected chi connectivity index (χ1v) is 10.3. The lowest BCUT2D eigenvalue weighted by Gasteiger charge is -2.42. The van der Waals surface area contributed by atoms with E-state index in [2.05, 4.69) is 10.6 Å². The lowest BCUT2D eigenvalue weighted by atomic mass is 9.96. The molecule has 1 saturated heterocycles. The predicted molar refractivity (Wildman–Crippen MR) is 102 cm³/mol. The Labute approximate surface area is 159 Å². The molecule has 0 spiro atoms. The van der Waals surface area contributed by atoms with E-state index in [-0.39, 0.29) is 11.8 Å². The minimum Gasteiger partial charge on any atom is -0.388 e. The third kappa shape index (κ3) is 7.79. The number of carbonyl (C=O) groups is 2. The standard InChI is InChI=1S/C17H33N3O5S/c1-3-12-15(23)16(24)14(20-11(2)21)17(25-12)26-10-7-13(22)19-9-6-4-5-8-18/h12,14-17,23-24H,3-10,18H2,1-2H3,(H,19,22)(H,20,21)/t12-,14-,15+,16-,17-/m1/s1. The highest BCUT2D eigenvalue weighted by Gasteiger charge is 2.44. The van der Waals surface area contributed by atoms with Gasteiger partial charge < -0.3 is 31.3 Å². The Hall–Kier alpha value is -0.870. The molecule has 1 aliphatic heterocycles. The third-order valence-corrected chi connectivity index (χ3v) is 5.46. The number of thioether (sulfide) groups is 1. The van der Waals surface area contributed by atoms with Crippen LogP contribution in [0.25, 0.3) is 0 Å². The first-order chi connectivity index (χ1) is 12.4. The Balaban J connectivity index is 2.43. The highest BCUT2D eigenvalue weighted by atomic mass is 32.2. The molecule has 0 aromatic carbocycles. The lowest BCUT2D eigenvalue weighted by molar-refractivity contribution is -0.164. The van der Waals surface area contributed by atoms with Gasteiger partial charge in [0.2, 0.25) is 11.8 Å². The zero-order valence-electron chi connectivity index (χ0n) is 15.6. The van der Waals surface area contributed by atoms with Crippen LogP contribution in [-0.2, 0) is 14.3 Å². The molecular weight excluding hydrogens is 358 g/mol. The van der Waals surface area contributed by atoms with Gasteiger partial charge in [0.25, 0.3) is 0 Å². The first-order valence-electron chi connectivity index (χ1n) is 9.27. The summed E-state index contributed by atoms with van der Waals surface area (Å²) < 4.78 is 5.83. The van der Waals surface area contributed by atoms with Gasteiger partial charge in [-0.2, -0.15) is 0 Å². The molecule has 0 aliphatic carbocycles. The van der Waals surface area contributed by atoms with E-state index in [0.717, 1.165) is 19.3 Å². The Bertz CT molecular complexity index is 441. The number of rotatable bonds is 11. The Kier molecular flexibility index (Phi) is 11.1. The summed E-state index contributed by atoms with van der Waals surface area (Å²) in [7, 11) is 0. The average molecular weight is 392 g/mol. The summed E-state index contributed by atoms with van der Waals surface area (Å²) in [6.45, 7) is 4.52. The Morgan fingerprint density at radius 3 is 2.54 bits per heavy atom. The summed E-state index contributed by atoms with van der Waals surface area (Å²) >= 11 is 1.36. The first kappa shape index (κ1) is 23.2. The summed E-state index contributed by atoms with van der Waals surface area (Å²) in [5.41, 5.74) is 4.91. The van der Waals surface area contributed by atoms with Crippen molar-refractivity contribution in [3.05, 3.63) is 0 Å². The van der Waals surface area contributed by atoms with E-state index in [4.69, 9.17) is 10.5 Å². The molecular formula is C17H33N3O5S.